The lowest BCUT2D eigenvalue weighted by molar-refractivity contribution is -0.220. The van der Waals surface area contributed by atoms with Gasteiger partial charge in [-0.15, -0.1) is 0 Å². The Kier molecular flexibility index (Phi) is 33.3. The van der Waals surface area contributed by atoms with Crippen molar-refractivity contribution in [3.8, 4) is 0 Å². The van der Waals surface area contributed by atoms with E-state index < -0.39 is 75.7 Å². The Morgan fingerprint density at radius 2 is 0.915 bits per heavy atom. The third-order valence-corrected chi connectivity index (χ3v) is 11.4. The standard InChI is InChI=1S/C45H81O13P/c1-3-5-7-9-11-13-15-17-19-21-23-25-27-29-31-33-38(46)55-35-37(36-56-59(53,54)58-45-43(51)41(49)40(48)42(50)44(45)52)57-39(47)34-32-30-28-26-24-22-20-18-16-14-12-10-8-6-4-2/h17,19,23-26,37,40-45,48-52H,3-16,18,20-22,27-36H2,1-2H3,(H,53,54)/b19-17+,25-23+,26-24+/t37-,40?,41-,42?,43?,44?,45?/m1/s1. The SMILES string of the molecule is CCCCCCCC/C=C/C/C=C/CCCCC(=O)OC[C@H](COP(=O)(O)OC1C(O)C(O)C(O)[C@@H](O)C1O)OC(=O)CCCC/C=C/CCCCCCCCCCC. The van der Waals surface area contributed by atoms with Gasteiger partial charge >= 0.3 is 19.8 Å². The highest BCUT2D eigenvalue weighted by Crippen LogP contribution is 2.47. The molecule has 1 aliphatic rings. The molecule has 1 saturated carbocycles. The molecule has 0 saturated heterocycles. The highest BCUT2D eigenvalue weighted by molar-refractivity contribution is 7.47. The van der Waals surface area contributed by atoms with Gasteiger partial charge in [-0.1, -0.05) is 134 Å². The molecule has 344 valence electrons. The van der Waals surface area contributed by atoms with E-state index in [0.29, 0.717) is 12.8 Å². The molecule has 0 radical (unpaired) electrons. The van der Waals surface area contributed by atoms with Gasteiger partial charge in [0.25, 0.3) is 0 Å². The molecule has 1 fully saturated rings. The van der Waals surface area contributed by atoms with E-state index in [9.17, 15) is 44.6 Å². The quantitative estimate of drug-likeness (QED) is 0.0150. The van der Waals surface area contributed by atoms with Crippen molar-refractivity contribution < 1.29 is 63.1 Å². The molecule has 0 aromatic carbocycles. The van der Waals surface area contributed by atoms with Crippen LogP contribution in [0, 0.1) is 0 Å². The summed E-state index contributed by atoms with van der Waals surface area (Å²) in [6.45, 7) is 3.24. The molecule has 8 atom stereocenters. The molecule has 6 unspecified atom stereocenters. The number of rotatable bonds is 37. The molecule has 14 heteroatoms. The zero-order valence-corrected chi connectivity index (χ0v) is 37.2. The molecule has 0 spiro atoms. The molecule has 0 heterocycles. The van der Waals surface area contributed by atoms with Gasteiger partial charge in [-0.05, 0) is 70.6 Å². The summed E-state index contributed by atoms with van der Waals surface area (Å²) in [5.41, 5.74) is 0. The largest absolute Gasteiger partial charge is 0.472 e. The van der Waals surface area contributed by atoms with Crippen LogP contribution >= 0.6 is 7.82 Å². The lowest BCUT2D eigenvalue weighted by atomic mass is 9.85. The summed E-state index contributed by atoms with van der Waals surface area (Å²) in [7, 11) is -5.13. The van der Waals surface area contributed by atoms with E-state index in [2.05, 4.69) is 50.3 Å². The van der Waals surface area contributed by atoms with Gasteiger partial charge < -0.3 is 39.9 Å². The number of aliphatic hydroxyl groups is 5. The van der Waals surface area contributed by atoms with Gasteiger partial charge in [0.2, 0.25) is 0 Å². The average Bonchev–Trinajstić information content (AvgIpc) is 3.21. The van der Waals surface area contributed by atoms with Gasteiger partial charge in [0.05, 0.1) is 6.61 Å². The number of aliphatic hydroxyl groups excluding tert-OH is 5. The van der Waals surface area contributed by atoms with Gasteiger partial charge in [-0.25, -0.2) is 4.57 Å². The van der Waals surface area contributed by atoms with Crippen molar-refractivity contribution in [2.24, 2.45) is 0 Å². The molecule has 1 rings (SSSR count). The molecule has 6 N–H and O–H groups in total. The Labute approximate surface area is 355 Å². The molecule has 0 amide bonds. The van der Waals surface area contributed by atoms with E-state index in [4.69, 9.17) is 18.5 Å². The van der Waals surface area contributed by atoms with Gasteiger partial charge in [0, 0.05) is 12.8 Å². The molecular weight excluding hydrogens is 779 g/mol. The van der Waals surface area contributed by atoms with Crippen LogP contribution < -0.4 is 0 Å². The topological polar surface area (TPSA) is 210 Å². The second kappa shape index (κ2) is 35.6. The first-order chi connectivity index (χ1) is 28.4. The normalized spacial score (nSPS) is 22.6. The maximum Gasteiger partial charge on any atom is 0.472 e. The smallest absolute Gasteiger partial charge is 0.462 e. The van der Waals surface area contributed by atoms with Gasteiger partial charge in [0.1, 0.15) is 43.2 Å². The first kappa shape index (κ1) is 55.1. The van der Waals surface area contributed by atoms with Crippen LogP contribution in [0.2, 0.25) is 0 Å². The van der Waals surface area contributed by atoms with Crippen LogP contribution in [0.5, 0.6) is 0 Å². The van der Waals surface area contributed by atoms with Gasteiger partial charge in [0.15, 0.2) is 6.10 Å². The number of unbranched alkanes of at least 4 members (excludes halogenated alkanes) is 19. The minimum atomic E-state index is -5.13. The van der Waals surface area contributed by atoms with Crippen LogP contribution in [0.3, 0.4) is 0 Å². The summed E-state index contributed by atoms with van der Waals surface area (Å²) < 4.78 is 33.4. The van der Waals surface area contributed by atoms with Crippen molar-refractivity contribution in [2.75, 3.05) is 13.2 Å². The maximum atomic E-state index is 12.8. The van der Waals surface area contributed by atoms with E-state index in [1.54, 1.807) is 0 Å². The first-order valence-electron chi connectivity index (χ1n) is 22.8. The fourth-order valence-electron chi connectivity index (χ4n) is 6.72. The summed E-state index contributed by atoms with van der Waals surface area (Å²) in [6.07, 6.45) is 26.4. The monoisotopic (exact) mass is 861 g/mol. The Balaban J connectivity index is 2.51. The first-order valence-corrected chi connectivity index (χ1v) is 24.3. The summed E-state index contributed by atoms with van der Waals surface area (Å²) in [4.78, 5) is 35.6. The molecule has 0 bridgehead atoms. The number of carbonyl (C=O) groups is 2. The fourth-order valence-corrected chi connectivity index (χ4v) is 7.70. The molecular formula is C45H81O13P. The van der Waals surface area contributed by atoms with Crippen LogP contribution in [-0.4, -0.2) is 98.3 Å². The molecule has 13 nitrogen and oxygen atoms in total. The van der Waals surface area contributed by atoms with Crippen LogP contribution in [0.25, 0.3) is 0 Å². The average molecular weight is 861 g/mol. The van der Waals surface area contributed by atoms with E-state index in [1.807, 2.05) is 0 Å². The van der Waals surface area contributed by atoms with Crippen molar-refractivity contribution >= 4 is 19.8 Å². The summed E-state index contributed by atoms with van der Waals surface area (Å²) in [5.74, 6) is -1.16. The van der Waals surface area contributed by atoms with Crippen molar-refractivity contribution in [1.82, 2.24) is 0 Å². The number of allylic oxidation sites excluding steroid dienone is 6. The third-order valence-electron chi connectivity index (χ3n) is 10.5. The minimum Gasteiger partial charge on any atom is -0.462 e. The van der Waals surface area contributed by atoms with Crippen LogP contribution in [0.4, 0.5) is 0 Å². The summed E-state index contributed by atoms with van der Waals surface area (Å²) in [6, 6.07) is 0. The Morgan fingerprint density at radius 3 is 1.39 bits per heavy atom. The second-order valence-corrected chi connectivity index (χ2v) is 17.3. The number of phosphoric acid groups is 1. The van der Waals surface area contributed by atoms with E-state index in [-0.39, 0.29) is 12.8 Å². The zero-order valence-electron chi connectivity index (χ0n) is 36.3. The minimum absolute atomic E-state index is 0.0603. The van der Waals surface area contributed by atoms with E-state index in [0.717, 1.165) is 44.9 Å². The number of esters is 2. The number of phosphoric ester groups is 1. The second-order valence-electron chi connectivity index (χ2n) is 15.9. The maximum absolute atomic E-state index is 12.8. The number of hydrogen-bond acceptors (Lipinski definition) is 12. The number of ether oxygens (including phenoxy) is 2. The zero-order chi connectivity index (χ0) is 43.6. The fraction of sp³-hybridized carbons (Fsp3) is 0.822. The van der Waals surface area contributed by atoms with E-state index >= 15 is 0 Å². The van der Waals surface area contributed by atoms with Crippen LogP contribution in [-0.2, 0) is 32.7 Å². The van der Waals surface area contributed by atoms with Crippen molar-refractivity contribution in [1.29, 1.82) is 0 Å². The number of hydrogen-bond donors (Lipinski definition) is 6. The molecule has 1 aliphatic carbocycles. The van der Waals surface area contributed by atoms with E-state index in [1.165, 1.54) is 96.3 Å². The highest BCUT2D eigenvalue weighted by atomic mass is 31.2. The molecule has 0 aliphatic heterocycles. The van der Waals surface area contributed by atoms with Crippen LogP contribution in [0.15, 0.2) is 36.5 Å². The lowest BCUT2D eigenvalue weighted by Crippen LogP contribution is -2.64. The van der Waals surface area contributed by atoms with Gasteiger partial charge in [-0.3, -0.25) is 18.6 Å². The lowest BCUT2D eigenvalue weighted by Gasteiger charge is -2.41. The molecule has 0 aromatic rings. The van der Waals surface area contributed by atoms with Crippen LogP contribution in [0.1, 0.15) is 181 Å². The summed E-state index contributed by atoms with van der Waals surface area (Å²) in [5, 5.41) is 50.1. The highest BCUT2D eigenvalue weighted by Gasteiger charge is 2.51. The predicted molar refractivity (Wildman–Crippen MR) is 230 cm³/mol. The molecule has 0 aromatic heterocycles. The third kappa shape index (κ3) is 28.3. The van der Waals surface area contributed by atoms with Crippen molar-refractivity contribution in [2.45, 2.75) is 224 Å². The van der Waals surface area contributed by atoms with Crippen molar-refractivity contribution in [3.63, 3.8) is 0 Å². The van der Waals surface area contributed by atoms with Gasteiger partial charge in [-0.2, -0.15) is 0 Å². The van der Waals surface area contributed by atoms with Crippen molar-refractivity contribution in [3.05, 3.63) is 36.5 Å². The summed E-state index contributed by atoms with van der Waals surface area (Å²) >= 11 is 0. The number of carbonyl (C=O) groups excluding carboxylic acids is 2. The predicted octanol–water partition coefficient (Wildman–Crippen LogP) is 8.61. The Hall–Kier alpha value is -1.93. The Bertz CT molecular complexity index is 1180. The Morgan fingerprint density at radius 1 is 0.525 bits per heavy atom. The molecule has 59 heavy (non-hydrogen) atoms.